The molecule has 25 heavy (non-hydrogen) atoms. The van der Waals surface area contributed by atoms with Crippen LogP contribution in [0.25, 0.3) is 0 Å². The fourth-order valence-corrected chi connectivity index (χ4v) is 3.07. The Kier molecular flexibility index (Phi) is 7.98. The topological polar surface area (TPSA) is 67.8 Å². The Labute approximate surface area is 151 Å². The Morgan fingerprint density at radius 2 is 2.16 bits per heavy atom. The summed E-state index contributed by atoms with van der Waals surface area (Å²) in [6, 6.07) is 3.92. The number of rotatable bonds is 10. The van der Waals surface area contributed by atoms with E-state index in [0.717, 1.165) is 37.6 Å². The van der Waals surface area contributed by atoms with Gasteiger partial charge >= 0.3 is 0 Å². The minimum Gasteiger partial charge on any atom is -0.478 e. The number of pyridine rings is 1. The molecule has 0 aromatic carbocycles. The van der Waals surface area contributed by atoms with Crippen molar-refractivity contribution < 1.29 is 9.47 Å². The lowest BCUT2D eigenvalue weighted by molar-refractivity contribution is 0.0732. The summed E-state index contributed by atoms with van der Waals surface area (Å²) in [4.78, 5) is 8.90. The highest BCUT2D eigenvalue weighted by molar-refractivity contribution is 5.79. The maximum Gasteiger partial charge on any atom is 0.213 e. The number of ether oxygens (including phenoxy) is 2. The summed E-state index contributed by atoms with van der Waals surface area (Å²) in [5.41, 5.74) is 1.46. The van der Waals surface area contributed by atoms with E-state index in [4.69, 9.17) is 14.5 Å². The van der Waals surface area contributed by atoms with Crippen LogP contribution in [0.15, 0.2) is 23.3 Å². The molecular weight excluding hydrogens is 316 g/mol. The zero-order valence-corrected chi connectivity index (χ0v) is 15.8. The number of methoxy groups -OCH3 is 1. The summed E-state index contributed by atoms with van der Waals surface area (Å²) in [7, 11) is 1.77. The Balaban J connectivity index is 1.92. The molecule has 1 aliphatic carbocycles. The van der Waals surface area contributed by atoms with Crippen molar-refractivity contribution in [1.29, 1.82) is 0 Å². The van der Waals surface area contributed by atoms with Gasteiger partial charge in [0.15, 0.2) is 5.96 Å². The molecule has 1 fully saturated rings. The number of guanidine groups is 1. The van der Waals surface area contributed by atoms with Gasteiger partial charge in [-0.1, -0.05) is 6.42 Å². The molecule has 0 atom stereocenters. The van der Waals surface area contributed by atoms with Crippen molar-refractivity contribution in [2.45, 2.75) is 46.1 Å². The van der Waals surface area contributed by atoms with E-state index in [0.29, 0.717) is 24.4 Å². The van der Waals surface area contributed by atoms with Crippen LogP contribution in [0.1, 0.15) is 45.1 Å². The summed E-state index contributed by atoms with van der Waals surface area (Å²) in [6.45, 7) is 7.88. The molecule has 1 aromatic rings. The first-order valence-electron chi connectivity index (χ1n) is 9.30. The zero-order valence-electron chi connectivity index (χ0n) is 15.8. The normalized spacial score (nSPS) is 16.2. The number of nitrogens with one attached hydrogen (secondary N) is 2. The van der Waals surface area contributed by atoms with Crippen molar-refractivity contribution in [3.8, 4) is 5.88 Å². The molecule has 2 N–H and O–H groups in total. The molecule has 2 rings (SSSR count). The Bertz CT molecular complexity index is 544. The minimum atomic E-state index is 0.366. The third-order valence-electron chi connectivity index (χ3n) is 4.74. The third-order valence-corrected chi connectivity index (χ3v) is 4.74. The zero-order chi connectivity index (χ0) is 18.0. The SMILES string of the molecule is CCNC(=NCc1ccnc(OCC)c1)NCC1(CCOC)CCC1. The van der Waals surface area contributed by atoms with Crippen LogP contribution >= 0.6 is 0 Å². The average Bonchev–Trinajstić information content (AvgIpc) is 2.59. The number of aliphatic imine (C=N–C) groups is 1. The van der Waals surface area contributed by atoms with E-state index in [-0.39, 0.29) is 0 Å². The molecule has 0 spiro atoms. The van der Waals surface area contributed by atoms with Gasteiger partial charge in [-0.2, -0.15) is 0 Å². The lowest BCUT2D eigenvalue weighted by atomic mass is 9.67. The van der Waals surface area contributed by atoms with Crippen LogP contribution < -0.4 is 15.4 Å². The van der Waals surface area contributed by atoms with Gasteiger partial charge < -0.3 is 20.1 Å². The van der Waals surface area contributed by atoms with Gasteiger partial charge in [-0.25, -0.2) is 9.98 Å². The lowest BCUT2D eigenvalue weighted by Crippen LogP contribution is -2.46. The van der Waals surface area contributed by atoms with Gasteiger partial charge in [-0.15, -0.1) is 0 Å². The quantitative estimate of drug-likeness (QED) is 0.503. The maximum atomic E-state index is 5.45. The maximum absolute atomic E-state index is 5.45. The molecule has 0 aliphatic heterocycles. The number of aromatic nitrogens is 1. The van der Waals surface area contributed by atoms with Crippen LogP contribution in [0, 0.1) is 5.41 Å². The minimum absolute atomic E-state index is 0.366. The Hall–Kier alpha value is -1.82. The van der Waals surface area contributed by atoms with Gasteiger partial charge in [0.05, 0.1) is 13.2 Å². The van der Waals surface area contributed by atoms with E-state index in [1.165, 1.54) is 19.3 Å². The van der Waals surface area contributed by atoms with Gasteiger partial charge in [0.1, 0.15) is 0 Å². The van der Waals surface area contributed by atoms with Crippen molar-refractivity contribution in [2.75, 3.05) is 33.4 Å². The molecule has 1 saturated carbocycles. The largest absolute Gasteiger partial charge is 0.478 e. The fourth-order valence-electron chi connectivity index (χ4n) is 3.07. The predicted octanol–water partition coefficient (Wildman–Crippen LogP) is 2.74. The number of hydrogen-bond acceptors (Lipinski definition) is 4. The number of nitrogens with zero attached hydrogens (tertiary/aromatic N) is 2. The van der Waals surface area contributed by atoms with Crippen molar-refractivity contribution in [2.24, 2.45) is 10.4 Å². The molecule has 1 aromatic heterocycles. The first-order chi connectivity index (χ1) is 12.2. The molecule has 6 heteroatoms. The molecule has 1 aliphatic rings. The van der Waals surface area contributed by atoms with Crippen LogP contribution in [-0.2, 0) is 11.3 Å². The van der Waals surface area contributed by atoms with E-state index in [1.807, 2.05) is 19.1 Å². The fraction of sp³-hybridized carbons (Fsp3) is 0.684. The molecule has 1 heterocycles. The summed E-state index contributed by atoms with van der Waals surface area (Å²) in [6.07, 6.45) is 6.73. The summed E-state index contributed by atoms with van der Waals surface area (Å²) < 4.78 is 10.7. The molecule has 0 amide bonds. The average molecular weight is 348 g/mol. The van der Waals surface area contributed by atoms with Crippen LogP contribution in [0.4, 0.5) is 0 Å². The van der Waals surface area contributed by atoms with Gasteiger partial charge in [-0.05, 0) is 50.2 Å². The van der Waals surface area contributed by atoms with Crippen molar-refractivity contribution in [3.05, 3.63) is 23.9 Å². The molecule has 140 valence electrons. The molecule has 0 unspecified atom stereocenters. The van der Waals surface area contributed by atoms with Crippen molar-refractivity contribution in [3.63, 3.8) is 0 Å². The Morgan fingerprint density at radius 1 is 1.32 bits per heavy atom. The molecule has 0 bridgehead atoms. The van der Waals surface area contributed by atoms with Crippen LogP contribution in [0.5, 0.6) is 5.88 Å². The first-order valence-corrected chi connectivity index (χ1v) is 9.30. The highest BCUT2D eigenvalue weighted by Crippen LogP contribution is 2.43. The first kappa shape index (κ1) is 19.5. The van der Waals surface area contributed by atoms with E-state index in [9.17, 15) is 0 Å². The van der Waals surface area contributed by atoms with E-state index in [1.54, 1.807) is 13.3 Å². The highest BCUT2D eigenvalue weighted by Gasteiger charge is 2.36. The highest BCUT2D eigenvalue weighted by atomic mass is 16.5. The third kappa shape index (κ3) is 6.20. The lowest BCUT2D eigenvalue weighted by Gasteiger charge is -2.42. The van der Waals surface area contributed by atoms with Gasteiger partial charge in [0.2, 0.25) is 5.88 Å². The van der Waals surface area contributed by atoms with Crippen molar-refractivity contribution >= 4 is 5.96 Å². The smallest absolute Gasteiger partial charge is 0.213 e. The Morgan fingerprint density at radius 3 is 2.80 bits per heavy atom. The van der Waals surface area contributed by atoms with Gasteiger partial charge in [0.25, 0.3) is 0 Å². The molecular formula is C19H32N4O2. The van der Waals surface area contributed by atoms with Crippen LogP contribution in [0.2, 0.25) is 0 Å². The van der Waals surface area contributed by atoms with E-state index in [2.05, 4.69) is 22.5 Å². The summed E-state index contributed by atoms with van der Waals surface area (Å²) in [5, 5.41) is 6.85. The van der Waals surface area contributed by atoms with E-state index >= 15 is 0 Å². The van der Waals surface area contributed by atoms with Crippen molar-refractivity contribution in [1.82, 2.24) is 15.6 Å². The van der Waals surface area contributed by atoms with Crippen LogP contribution in [0.3, 0.4) is 0 Å². The van der Waals surface area contributed by atoms with Gasteiger partial charge in [0, 0.05) is 39.1 Å². The molecule has 6 nitrogen and oxygen atoms in total. The molecule has 0 saturated heterocycles. The second kappa shape index (κ2) is 10.2. The van der Waals surface area contributed by atoms with Crippen LogP contribution in [-0.4, -0.2) is 44.4 Å². The molecule has 0 radical (unpaired) electrons. The summed E-state index contributed by atoms with van der Waals surface area (Å²) in [5.74, 6) is 1.52. The summed E-state index contributed by atoms with van der Waals surface area (Å²) >= 11 is 0. The second-order valence-corrected chi connectivity index (χ2v) is 6.58. The second-order valence-electron chi connectivity index (χ2n) is 6.58. The standard InChI is InChI=1S/C19H32N4O2/c1-4-20-18(23-15-19(8-6-9-19)10-12-24-3)22-14-16-7-11-21-17(13-16)25-5-2/h7,11,13H,4-6,8-10,12,14-15H2,1-3H3,(H2,20,22,23). The monoisotopic (exact) mass is 348 g/mol. The van der Waals surface area contributed by atoms with E-state index < -0.39 is 0 Å². The van der Waals surface area contributed by atoms with Gasteiger partial charge in [-0.3, -0.25) is 0 Å². The predicted molar refractivity (Wildman–Crippen MR) is 101 cm³/mol. The number of hydrogen-bond donors (Lipinski definition) is 2.